The monoisotopic (exact) mass is 269 g/mol. The molecule has 0 aliphatic rings. The van der Waals surface area contributed by atoms with Crippen LogP contribution in [0.1, 0.15) is 16.1 Å². The maximum absolute atomic E-state index is 11.5. The first-order chi connectivity index (χ1) is 9.18. The van der Waals surface area contributed by atoms with E-state index in [4.69, 9.17) is 5.73 Å². The molecule has 0 aliphatic carbocycles. The number of para-hydroxylation sites is 1. The average Bonchev–Trinajstić information content (AvgIpc) is 2.91. The maximum Gasteiger partial charge on any atom is 0.267 e. The fraction of sp³-hybridized carbons (Fsp3) is 0.0714. The standard InChI is InChI=1S/C14H11N3OS/c1-8-12(11-6-19-7-16-11)9-4-2-3-5-10(9)17-13(8)14(15)18/h2-7H,1H3,(H2,15,18). The quantitative estimate of drug-likeness (QED) is 0.777. The number of rotatable bonds is 2. The largest absolute Gasteiger partial charge is 0.364 e. The molecular formula is C14H11N3OS. The molecule has 1 amide bonds. The molecule has 3 rings (SSSR count). The molecule has 19 heavy (non-hydrogen) atoms. The van der Waals surface area contributed by atoms with E-state index in [1.807, 2.05) is 36.6 Å². The van der Waals surface area contributed by atoms with Crippen LogP contribution < -0.4 is 5.73 Å². The van der Waals surface area contributed by atoms with Gasteiger partial charge in [0.25, 0.3) is 5.91 Å². The zero-order chi connectivity index (χ0) is 13.4. The van der Waals surface area contributed by atoms with E-state index in [2.05, 4.69) is 9.97 Å². The van der Waals surface area contributed by atoms with Gasteiger partial charge in [0, 0.05) is 16.3 Å². The van der Waals surface area contributed by atoms with Crippen molar-refractivity contribution in [3.05, 3.63) is 46.4 Å². The number of nitrogens with two attached hydrogens (primary N) is 1. The Labute approximate surface area is 113 Å². The number of primary amides is 1. The van der Waals surface area contributed by atoms with E-state index >= 15 is 0 Å². The first-order valence-corrected chi connectivity index (χ1v) is 6.70. The van der Waals surface area contributed by atoms with Crippen molar-refractivity contribution in [3.8, 4) is 11.3 Å². The minimum atomic E-state index is -0.514. The Morgan fingerprint density at radius 3 is 2.79 bits per heavy atom. The zero-order valence-electron chi connectivity index (χ0n) is 10.3. The van der Waals surface area contributed by atoms with Crippen LogP contribution in [0.2, 0.25) is 0 Å². The van der Waals surface area contributed by atoms with Crippen LogP contribution in [0, 0.1) is 6.92 Å². The zero-order valence-corrected chi connectivity index (χ0v) is 11.1. The lowest BCUT2D eigenvalue weighted by atomic mass is 9.99. The summed E-state index contributed by atoms with van der Waals surface area (Å²) in [5, 5.41) is 2.94. The molecule has 5 heteroatoms. The Bertz CT molecular complexity index is 766. The molecule has 1 aromatic carbocycles. The third-order valence-electron chi connectivity index (χ3n) is 3.06. The van der Waals surface area contributed by atoms with Crippen LogP contribution in [0.15, 0.2) is 35.2 Å². The highest BCUT2D eigenvalue weighted by molar-refractivity contribution is 7.07. The third kappa shape index (κ3) is 1.88. The number of aromatic nitrogens is 2. The highest BCUT2D eigenvalue weighted by Gasteiger charge is 2.17. The first kappa shape index (κ1) is 11.8. The Kier molecular flexibility index (Phi) is 2.76. The molecule has 0 unspecified atom stereocenters. The number of carbonyl (C=O) groups excluding carboxylic acids is 1. The van der Waals surface area contributed by atoms with Crippen molar-refractivity contribution in [1.82, 2.24) is 9.97 Å². The highest BCUT2D eigenvalue weighted by Crippen LogP contribution is 2.32. The van der Waals surface area contributed by atoms with Crippen LogP contribution in [-0.4, -0.2) is 15.9 Å². The Morgan fingerprint density at radius 2 is 2.11 bits per heavy atom. The van der Waals surface area contributed by atoms with E-state index in [9.17, 15) is 4.79 Å². The van der Waals surface area contributed by atoms with Gasteiger partial charge in [-0.3, -0.25) is 4.79 Å². The van der Waals surface area contributed by atoms with Crippen molar-refractivity contribution in [3.63, 3.8) is 0 Å². The van der Waals surface area contributed by atoms with E-state index in [1.54, 1.807) is 5.51 Å². The smallest absolute Gasteiger partial charge is 0.267 e. The number of fused-ring (bicyclic) bond motifs is 1. The average molecular weight is 269 g/mol. The van der Waals surface area contributed by atoms with Crippen LogP contribution in [-0.2, 0) is 0 Å². The lowest BCUT2D eigenvalue weighted by Gasteiger charge is -2.11. The molecule has 0 fully saturated rings. The second kappa shape index (κ2) is 4.44. The number of hydrogen-bond donors (Lipinski definition) is 1. The topological polar surface area (TPSA) is 68.9 Å². The number of thiazole rings is 1. The summed E-state index contributed by atoms with van der Waals surface area (Å²) in [6.45, 7) is 1.86. The SMILES string of the molecule is Cc1c(C(N)=O)nc2ccccc2c1-c1cscn1. The molecule has 3 aromatic rings. The van der Waals surface area contributed by atoms with Gasteiger partial charge in [0.2, 0.25) is 0 Å². The number of nitrogens with zero attached hydrogens (tertiary/aromatic N) is 2. The summed E-state index contributed by atoms with van der Waals surface area (Å²) >= 11 is 1.52. The minimum Gasteiger partial charge on any atom is -0.364 e. The molecule has 0 saturated carbocycles. The van der Waals surface area contributed by atoms with Gasteiger partial charge in [0.15, 0.2) is 0 Å². The predicted octanol–water partition coefficient (Wildman–Crippen LogP) is 2.77. The minimum absolute atomic E-state index is 0.307. The van der Waals surface area contributed by atoms with Crippen LogP contribution in [0.3, 0.4) is 0 Å². The fourth-order valence-corrected chi connectivity index (χ4v) is 2.76. The number of hydrogen-bond acceptors (Lipinski definition) is 4. The van der Waals surface area contributed by atoms with E-state index in [0.717, 1.165) is 27.7 Å². The lowest BCUT2D eigenvalue weighted by Crippen LogP contribution is -2.15. The molecule has 0 saturated heterocycles. The van der Waals surface area contributed by atoms with Crippen LogP contribution >= 0.6 is 11.3 Å². The van der Waals surface area contributed by atoms with Crippen LogP contribution in [0.5, 0.6) is 0 Å². The molecule has 2 heterocycles. The van der Waals surface area contributed by atoms with E-state index in [1.165, 1.54) is 11.3 Å². The molecule has 0 atom stereocenters. The van der Waals surface area contributed by atoms with Gasteiger partial charge in [-0.15, -0.1) is 11.3 Å². The van der Waals surface area contributed by atoms with Crippen molar-refractivity contribution in [2.45, 2.75) is 6.92 Å². The number of carbonyl (C=O) groups is 1. The van der Waals surface area contributed by atoms with Gasteiger partial charge in [-0.2, -0.15) is 0 Å². The molecular weight excluding hydrogens is 258 g/mol. The second-order valence-electron chi connectivity index (χ2n) is 4.22. The van der Waals surface area contributed by atoms with Gasteiger partial charge in [0.05, 0.1) is 16.7 Å². The molecule has 0 aliphatic heterocycles. The van der Waals surface area contributed by atoms with Crippen molar-refractivity contribution in [1.29, 1.82) is 0 Å². The Balaban J connectivity index is 2.46. The van der Waals surface area contributed by atoms with Gasteiger partial charge in [-0.25, -0.2) is 9.97 Å². The predicted molar refractivity (Wildman–Crippen MR) is 76.1 cm³/mol. The second-order valence-corrected chi connectivity index (χ2v) is 4.93. The normalized spacial score (nSPS) is 10.8. The summed E-state index contributed by atoms with van der Waals surface area (Å²) in [7, 11) is 0. The van der Waals surface area contributed by atoms with Crippen molar-refractivity contribution < 1.29 is 4.79 Å². The van der Waals surface area contributed by atoms with Crippen molar-refractivity contribution >= 4 is 28.1 Å². The van der Waals surface area contributed by atoms with Crippen LogP contribution in [0.4, 0.5) is 0 Å². The Morgan fingerprint density at radius 1 is 1.32 bits per heavy atom. The lowest BCUT2D eigenvalue weighted by molar-refractivity contribution is 0.0995. The number of amides is 1. The molecule has 2 N–H and O–H groups in total. The van der Waals surface area contributed by atoms with E-state index < -0.39 is 5.91 Å². The van der Waals surface area contributed by atoms with Gasteiger partial charge in [0.1, 0.15) is 5.69 Å². The molecule has 0 spiro atoms. The number of pyridine rings is 1. The van der Waals surface area contributed by atoms with Crippen molar-refractivity contribution in [2.24, 2.45) is 5.73 Å². The van der Waals surface area contributed by atoms with Gasteiger partial charge in [-0.1, -0.05) is 18.2 Å². The summed E-state index contributed by atoms with van der Waals surface area (Å²) in [5.41, 5.74) is 10.8. The van der Waals surface area contributed by atoms with Gasteiger partial charge < -0.3 is 5.73 Å². The van der Waals surface area contributed by atoms with Crippen LogP contribution in [0.25, 0.3) is 22.2 Å². The highest BCUT2D eigenvalue weighted by atomic mass is 32.1. The molecule has 94 valence electrons. The number of benzene rings is 1. The molecule has 2 aromatic heterocycles. The summed E-state index contributed by atoms with van der Waals surface area (Å²) in [4.78, 5) is 20.2. The fourth-order valence-electron chi connectivity index (χ4n) is 2.21. The first-order valence-electron chi connectivity index (χ1n) is 5.76. The van der Waals surface area contributed by atoms with Crippen molar-refractivity contribution in [2.75, 3.05) is 0 Å². The molecule has 0 radical (unpaired) electrons. The summed E-state index contributed by atoms with van der Waals surface area (Å²) in [6.07, 6.45) is 0. The third-order valence-corrected chi connectivity index (χ3v) is 3.64. The summed E-state index contributed by atoms with van der Waals surface area (Å²) in [6, 6.07) is 7.69. The molecule has 0 bridgehead atoms. The van der Waals surface area contributed by atoms with E-state index in [-0.39, 0.29) is 0 Å². The summed E-state index contributed by atoms with van der Waals surface area (Å²) < 4.78 is 0. The van der Waals surface area contributed by atoms with Gasteiger partial charge >= 0.3 is 0 Å². The maximum atomic E-state index is 11.5. The summed E-state index contributed by atoms with van der Waals surface area (Å²) in [5.74, 6) is -0.514. The van der Waals surface area contributed by atoms with E-state index in [0.29, 0.717) is 5.69 Å². The molecule has 4 nitrogen and oxygen atoms in total. The Hall–Kier alpha value is -2.27. The van der Waals surface area contributed by atoms with Gasteiger partial charge in [-0.05, 0) is 18.6 Å².